The maximum atomic E-state index is 11.5. The normalized spacial score (nSPS) is 38.7. The van der Waals surface area contributed by atoms with Crippen LogP contribution >= 0.6 is 0 Å². The van der Waals surface area contributed by atoms with Crippen LogP contribution in [0.3, 0.4) is 0 Å². The lowest BCUT2D eigenvalue weighted by Gasteiger charge is -2.40. The second kappa shape index (κ2) is 3.96. The summed E-state index contributed by atoms with van der Waals surface area (Å²) in [5.74, 6) is 0.423. The molecule has 94 valence electrons. The Hall–Kier alpha value is -0.130. The summed E-state index contributed by atoms with van der Waals surface area (Å²) in [5.41, 5.74) is 6.33. The third-order valence-corrected chi connectivity index (χ3v) is 5.73. The zero-order chi connectivity index (χ0) is 12.0. The van der Waals surface area contributed by atoms with Crippen LogP contribution in [-0.4, -0.2) is 50.0 Å². The molecule has 2 saturated heterocycles. The highest BCUT2D eigenvalue weighted by Crippen LogP contribution is 2.32. The lowest BCUT2D eigenvalue weighted by atomic mass is 9.82. The molecule has 2 heterocycles. The molecular formula is C11H22N2O2S. The summed E-state index contributed by atoms with van der Waals surface area (Å²) in [6.45, 7) is 6.52. The zero-order valence-electron chi connectivity index (χ0n) is 10.1. The molecule has 0 aromatic carbocycles. The Balaban J connectivity index is 2.00. The number of rotatable bonds is 1. The van der Waals surface area contributed by atoms with Gasteiger partial charge >= 0.3 is 0 Å². The van der Waals surface area contributed by atoms with Gasteiger partial charge in [0.1, 0.15) is 0 Å². The predicted molar refractivity (Wildman–Crippen MR) is 65.0 cm³/mol. The molecule has 2 rings (SSSR count). The Bertz CT molecular complexity index is 354. The van der Waals surface area contributed by atoms with Gasteiger partial charge in [0.2, 0.25) is 0 Å². The molecule has 16 heavy (non-hydrogen) atoms. The molecule has 2 N–H and O–H groups in total. The quantitative estimate of drug-likeness (QED) is 0.719. The first-order chi connectivity index (χ1) is 7.29. The Morgan fingerprint density at radius 2 is 1.75 bits per heavy atom. The third-order valence-electron chi connectivity index (χ3n) is 3.99. The maximum absolute atomic E-state index is 11.5. The van der Waals surface area contributed by atoms with E-state index in [-0.39, 0.29) is 23.6 Å². The topological polar surface area (TPSA) is 63.4 Å². The van der Waals surface area contributed by atoms with E-state index in [1.54, 1.807) is 0 Å². The van der Waals surface area contributed by atoms with Crippen molar-refractivity contribution in [2.24, 2.45) is 11.1 Å². The van der Waals surface area contributed by atoms with Gasteiger partial charge in [0.05, 0.1) is 11.5 Å². The number of likely N-dealkylation sites (tertiary alicyclic amines) is 1. The van der Waals surface area contributed by atoms with Crippen LogP contribution in [0.15, 0.2) is 0 Å². The minimum atomic E-state index is -2.89. The molecule has 0 aromatic rings. The van der Waals surface area contributed by atoms with Gasteiger partial charge in [-0.15, -0.1) is 0 Å². The summed E-state index contributed by atoms with van der Waals surface area (Å²) < 4.78 is 23.0. The number of nitrogens with two attached hydrogens (primary N) is 1. The van der Waals surface area contributed by atoms with E-state index in [4.69, 9.17) is 5.73 Å². The molecule has 0 bridgehead atoms. The van der Waals surface area contributed by atoms with E-state index in [0.29, 0.717) is 5.41 Å². The summed E-state index contributed by atoms with van der Waals surface area (Å²) in [5, 5.41) is 0. The first kappa shape index (κ1) is 12.3. The molecule has 0 amide bonds. The van der Waals surface area contributed by atoms with E-state index >= 15 is 0 Å². The first-order valence-corrected chi connectivity index (χ1v) is 7.81. The number of sulfone groups is 1. The molecule has 0 aliphatic carbocycles. The monoisotopic (exact) mass is 246 g/mol. The van der Waals surface area contributed by atoms with E-state index < -0.39 is 9.84 Å². The van der Waals surface area contributed by atoms with Crippen LogP contribution in [0.4, 0.5) is 0 Å². The van der Waals surface area contributed by atoms with Gasteiger partial charge in [-0.05, 0) is 31.3 Å². The Morgan fingerprint density at radius 3 is 2.19 bits per heavy atom. The molecule has 0 radical (unpaired) electrons. The molecule has 4 nitrogen and oxygen atoms in total. The van der Waals surface area contributed by atoms with Crippen molar-refractivity contribution in [1.82, 2.24) is 4.90 Å². The lowest BCUT2D eigenvalue weighted by Crippen LogP contribution is -2.51. The van der Waals surface area contributed by atoms with Gasteiger partial charge in [-0.2, -0.15) is 0 Å². The van der Waals surface area contributed by atoms with E-state index in [1.165, 1.54) is 0 Å². The zero-order valence-corrected chi connectivity index (χ0v) is 11.0. The van der Waals surface area contributed by atoms with Crippen molar-refractivity contribution >= 4 is 9.84 Å². The molecule has 2 aliphatic rings. The van der Waals surface area contributed by atoms with E-state index in [9.17, 15) is 8.42 Å². The van der Waals surface area contributed by atoms with Crippen molar-refractivity contribution in [1.29, 1.82) is 0 Å². The van der Waals surface area contributed by atoms with Crippen molar-refractivity contribution in [3.63, 3.8) is 0 Å². The van der Waals surface area contributed by atoms with Gasteiger partial charge < -0.3 is 5.73 Å². The van der Waals surface area contributed by atoms with Crippen LogP contribution in [-0.2, 0) is 9.84 Å². The van der Waals surface area contributed by atoms with Crippen molar-refractivity contribution in [3.8, 4) is 0 Å². The highest BCUT2D eigenvalue weighted by atomic mass is 32.2. The molecule has 2 fully saturated rings. The van der Waals surface area contributed by atoms with Gasteiger partial charge in [0, 0.05) is 12.1 Å². The van der Waals surface area contributed by atoms with Crippen molar-refractivity contribution in [2.45, 2.75) is 38.8 Å². The molecule has 5 heteroatoms. The first-order valence-electron chi connectivity index (χ1n) is 5.99. The summed E-state index contributed by atoms with van der Waals surface area (Å²) >= 11 is 0. The molecule has 2 atom stereocenters. The van der Waals surface area contributed by atoms with Crippen LogP contribution in [0.5, 0.6) is 0 Å². The van der Waals surface area contributed by atoms with Gasteiger partial charge in [0.25, 0.3) is 0 Å². The summed E-state index contributed by atoms with van der Waals surface area (Å²) in [6.07, 6.45) is 2.27. The smallest absolute Gasteiger partial charge is 0.153 e. The van der Waals surface area contributed by atoms with Crippen molar-refractivity contribution in [2.75, 3.05) is 24.6 Å². The summed E-state index contributed by atoms with van der Waals surface area (Å²) in [6, 6.07) is -0.132. The second-order valence-electron chi connectivity index (χ2n) is 6.01. The van der Waals surface area contributed by atoms with E-state index in [0.717, 1.165) is 25.9 Å². The average molecular weight is 246 g/mol. The summed E-state index contributed by atoms with van der Waals surface area (Å²) in [7, 11) is -2.89. The average Bonchev–Trinajstić information content (AvgIpc) is 2.40. The molecule has 0 aromatic heterocycles. The molecule has 2 unspecified atom stereocenters. The Morgan fingerprint density at radius 1 is 1.19 bits per heavy atom. The molecule has 0 spiro atoms. The van der Waals surface area contributed by atoms with Gasteiger partial charge in [-0.3, -0.25) is 4.90 Å². The Kier molecular flexibility index (Phi) is 3.05. The predicted octanol–water partition coefficient (Wildman–Crippen LogP) is 0.233. The number of nitrogens with zero attached hydrogens (tertiary/aromatic N) is 1. The molecular weight excluding hydrogens is 224 g/mol. The number of piperidine rings is 1. The number of hydrogen-bond donors (Lipinski definition) is 1. The van der Waals surface area contributed by atoms with E-state index in [2.05, 4.69) is 18.7 Å². The SMILES string of the molecule is CC1(C)CCN(C2CS(=O)(=O)CC2N)CC1. The molecule has 0 saturated carbocycles. The fourth-order valence-electron chi connectivity index (χ4n) is 2.69. The van der Waals surface area contributed by atoms with Crippen molar-refractivity contribution < 1.29 is 8.42 Å². The van der Waals surface area contributed by atoms with Gasteiger partial charge in [-0.1, -0.05) is 13.8 Å². The second-order valence-corrected chi connectivity index (χ2v) is 8.16. The van der Waals surface area contributed by atoms with Crippen LogP contribution in [0.25, 0.3) is 0 Å². The highest BCUT2D eigenvalue weighted by molar-refractivity contribution is 7.91. The van der Waals surface area contributed by atoms with E-state index in [1.807, 2.05) is 0 Å². The summed E-state index contributed by atoms with van der Waals surface area (Å²) in [4.78, 5) is 2.28. The Labute approximate surface area is 98.1 Å². The minimum absolute atomic E-state index is 0.0566. The standard InChI is InChI=1S/C11H22N2O2S/c1-11(2)3-5-13(6-4-11)10-8-16(14,15)7-9(10)12/h9-10H,3-8,12H2,1-2H3. The fourth-order valence-corrected chi connectivity index (χ4v) is 4.62. The van der Waals surface area contributed by atoms with Crippen LogP contribution in [0, 0.1) is 5.41 Å². The van der Waals surface area contributed by atoms with Crippen LogP contribution in [0.1, 0.15) is 26.7 Å². The van der Waals surface area contributed by atoms with Crippen LogP contribution in [0.2, 0.25) is 0 Å². The number of hydrogen-bond acceptors (Lipinski definition) is 4. The molecule has 2 aliphatic heterocycles. The maximum Gasteiger partial charge on any atom is 0.153 e. The highest BCUT2D eigenvalue weighted by Gasteiger charge is 2.40. The largest absolute Gasteiger partial charge is 0.325 e. The third kappa shape index (κ3) is 2.57. The lowest BCUT2D eigenvalue weighted by molar-refractivity contribution is 0.0967. The minimum Gasteiger partial charge on any atom is -0.325 e. The van der Waals surface area contributed by atoms with Crippen molar-refractivity contribution in [3.05, 3.63) is 0 Å². The van der Waals surface area contributed by atoms with Crippen LogP contribution < -0.4 is 5.73 Å². The van der Waals surface area contributed by atoms with Gasteiger partial charge in [-0.25, -0.2) is 8.42 Å². The fraction of sp³-hybridized carbons (Fsp3) is 1.00. The van der Waals surface area contributed by atoms with Gasteiger partial charge in [0.15, 0.2) is 9.84 Å².